The number of hydrogen-bond acceptors (Lipinski definition) is 5. The molecule has 172 valence electrons. The van der Waals surface area contributed by atoms with Crippen molar-refractivity contribution in [3.05, 3.63) is 58.8 Å². The van der Waals surface area contributed by atoms with Gasteiger partial charge in [-0.3, -0.25) is 0 Å². The van der Waals surface area contributed by atoms with Crippen LogP contribution >= 0.6 is 11.8 Å². The highest BCUT2D eigenvalue weighted by atomic mass is 32.2. The number of benzene rings is 2. The fourth-order valence-electron chi connectivity index (χ4n) is 3.46. The van der Waals surface area contributed by atoms with E-state index in [1.165, 1.54) is 13.2 Å². The number of thioether (sulfide) groups is 1. The Labute approximate surface area is 189 Å². The normalized spacial score (nSPS) is 12.3. The molecular formula is C22H23F3N2O3S2. The quantitative estimate of drug-likeness (QED) is 0.366. The van der Waals surface area contributed by atoms with Gasteiger partial charge in [0.2, 0.25) is 10.0 Å². The average molecular weight is 485 g/mol. The molecule has 0 aliphatic carbocycles. The first-order chi connectivity index (χ1) is 15.0. The van der Waals surface area contributed by atoms with E-state index < -0.39 is 21.9 Å². The topological polar surface area (TPSA) is 68.3 Å². The maximum Gasteiger partial charge on any atom is 0.433 e. The minimum Gasteiger partial charge on any atom is -0.496 e. The molecule has 0 bridgehead atoms. The van der Waals surface area contributed by atoms with Crippen LogP contribution in [-0.2, 0) is 16.2 Å². The van der Waals surface area contributed by atoms with Crippen LogP contribution in [0.2, 0.25) is 0 Å². The number of nitrogens with one attached hydrogen (secondary N) is 1. The van der Waals surface area contributed by atoms with Crippen LogP contribution in [0.3, 0.4) is 0 Å². The average Bonchev–Trinajstić information content (AvgIpc) is 2.72. The van der Waals surface area contributed by atoms with Crippen molar-refractivity contribution in [3.63, 3.8) is 0 Å². The number of pyridine rings is 1. The molecule has 10 heteroatoms. The van der Waals surface area contributed by atoms with Gasteiger partial charge in [-0.2, -0.15) is 13.2 Å². The summed E-state index contributed by atoms with van der Waals surface area (Å²) in [5.41, 5.74) is 1.15. The first kappa shape index (κ1) is 24.3. The fourth-order valence-corrected chi connectivity index (χ4v) is 6.09. The van der Waals surface area contributed by atoms with E-state index in [2.05, 4.69) is 9.71 Å². The number of sulfonamides is 1. The maximum atomic E-state index is 13.2. The third-order valence-corrected chi connectivity index (χ3v) is 7.89. The van der Waals surface area contributed by atoms with Gasteiger partial charge >= 0.3 is 6.18 Å². The lowest BCUT2D eigenvalue weighted by Crippen LogP contribution is -2.27. The van der Waals surface area contributed by atoms with E-state index in [9.17, 15) is 21.6 Å². The molecule has 1 heterocycles. The second kappa shape index (κ2) is 9.29. The largest absolute Gasteiger partial charge is 0.496 e. The first-order valence-electron chi connectivity index (χ1n) is 9.70. The molecule has 0 atom stereocenters. The molecule has 3 aromatic rings. The minimum atomic E-state index is -4.57. The molecule has 32 heavy (non-hydrogen) atoms. The Bertz CT molecular complexity index is 1260. The van der Waals surface area contributed by atoms with Crippen LogP contribution in [0.15, 0.2) is 46.2 Å². The summed E-state index contributed by atoms with van der Waals surface area (Å²) in [5, 5.41) is 0.589. The minimum absolute atomic E-state index is 0.0506. The Hall–Kier alpha value is -2.30. The Morgan fingerprint density at radius 3 is 2.44 bits per heavy atom. The number of aromatic nitrogens is 1. The third kappa shape index (κ3) is 5.02. The van der Waals surface area contributed by atoms with Gasteiger partial charge in [0.25, 0.3) is 0 Å². The molecule has 1 aromatic heterocycles. The molecule has 0 aliphatic heterocycles. The molecule has 0 amide bonds. The standard InChI is InChI=1S/C22H23F3N2O3S2/c1-13-11-18(30-4)14(2)15(3)21(13)32(28,29)26-9-10-31-19-12-20(22(23,24)25)27-17-8-6-5-7-16(17)19/h5-8,11-12,26H,9-10H2,1-4H3. The number of alkyl halides is 3. The second-order valence-corrected chi connectivity index (χ2v) is 10.1. The Kier molecular flexibility index (Phi) is 7.06. The van der Waals surface area contributed by atoms with Crippen LogP contribution in [0.25, 0.3) is 10.9 Å². The molecule has 0 spiro atoms. The van der Waals surface area contributed by atoms with Gasteiger partial charge in [0.05, 0.1) is 17.5 Å². The van der Waals surface area contributed by atoms with Crippen molar-refractivity contribution in [1.82, 2.24) is 9.71 Å². The summed E-state index contributed by atoms with van der Waals surface area (Å²) in [5.74, 6) is 0.858. The van der Waals surface area contributed by atoms with E-state index in [4.69, 9.17) is 4.74 Å². The number of methoxy groups -OCH3 is 1. The number of ether oxygens (including phenoxy) is 1. The molecule has 1 N–H and O–H groups in total. The summed E-state index contributed by atoms with van der Waals surface area (Å²) in [7, 11) is -2.28. The molecule has 3 rings (SSSR count). The van der Waals surface area contributed by atoms with Gasteiger partial charge in [-0.1, -0.05) is 18.2 Å². The number of rotatable bonds is 7. The summed E-state index contributed by atoms with van der Waals surface area (Å²) < 4.78 is 73.3. The molecule has 2 aromatic carbocycles. The van der Waals surface area contributed by atoms with Gasteiger partial charge in [-0.05, 0) is 55.7 Å². The molecule has 0 aliphatic rings. The SMILES string of the molecule is COc1cc(C)c(S(=O)(=O)NCCSc2cc(C(F)(F)F)nc3ccccc23)c(C)c1C. The summed E-state index contributed by atoms with van der Waals surface area (Å²) >= 11 is 1.15. The summed E-state index contributed by atoms with van der Waals surface area (Å²) in [6, 6.07) is 9.24. The number of para-hydroxylation sites is 1. The highest BCUT2D eigenvalue weighted by molar-refractivity contribution is 7.99. The number of hydrogen-bond donors (Lipinski definition) is 1. The van der Waals surface area contributed by atoms with E-state index in [1.807, 2.05) is 0 Å². The van der Waals surface area contributed by atoms with Crippen molar-refractivity contribution in [3.8, 4) is 5.75 Å². The van der Waals surface area contributed by atoms with Crippen LogP contribution < -0.4 is 9.46 Å². The predicted octanol–water partition coefficient (Wildman–Crippen LogP) is 5.26. The number of halogens is 3. The fraction of sp³-hybridized carbons (Fsp3) is 0.318. The summed E-state index contributed by atoms with van der Waals surface area (Å²) in [6.07, 6.45) is -4.57. The van der Waals surface area contributed by atoms with Crippen LogP contribution in [0, 0.1) is 20.8 Å². The Morgan fingerprint density at radius 1 is 1.09 bits per heavy atom. The van der Waals surface area contributed by atoms with Gasteiger partial charge in [0.15, 0.2) is 0 Å². The van der Waals surface area contributed by atoms with Crippen LogP contribution in [0.1, 0.15) is 22.4 Å². The highest BCUT2D eigenvalue weighted by Crippen LogP contribution is 2.35. The van der Waals surface area contributed by atoms with E-state index >= 15 is 0 Å². The van der Waals surface area contributed by atoms with Crippen LogP contribution in [-0.4, -0.2) is 32.8 Å². The zero-order chi connectivity index (χ0) is 23.7. The lowest BCUT2D eigenvalue weighted by Gasteiger charge is -2.17. The van der Waals surface area contributed by atoms with Crippen molar-refractivity contribution in [1.29, 1.82) is 0 Å². The van der Waals surface area contributed by atoms with E-state index in [1.54, 1.807) is 45.0 Å². The van der Waals surface area contributed by atoms with Crippen molar-refractivity contribution in [2.24, 2.45) is 0 Å². The summed E-state index contributed by atoms with van der Waals surface area (Å²) in [4.78, 5) is 4.28. The van der Waals surface area contributed by atoms with E-state index in [0.717, 1.165) is 23.4 Å². The molecule has 0 saturated heterocycles. The van der Waals surface area contributed by atoms with Crippen molar-refractivity contribution >= 4 is 32.7 Å². The first-order valence-corrected chi connectivity index (χ1v) is 12.2. The smallest absolute Gasteiger partial charge is 0.433 e. The molecule has 0 fully saturated rings. The predicted molar refractivity (Wildman–Crippen MR) is 120 cm³/mol. The van der Waals surface area contributed by atoms with Crippen molar-refractivity contribution in [2.45, 2.75) is 36.7 Å². The maximum absolute atomic E-state index is 13.2. The number of fused-ring (bicyclic) bond motifs is 1. The van der Waals surface area contributed by atoms with Gasteiger partial charge in [0.1, 0.15) is 11.4 Å². The van der Waals surface area contributed by atoms with Gasteiger partial charge in [0, 0.05) is 22.6 Å². The summed E-state index contributed by atoms with van der Waals surface area (Å²) in [6.45, 7) is 5.25. The monoisotopic (exact) mass is 484 g/mol. The molecule has 0 saturated carbocycles. The lowest BCUT2D eigenvalue weighted by atomic mass is 10.1. The zero-order valence-electron chi connectivity index (χ0n) is 18.0. The Morgan fingerprint density at radius 2 is 1.78 bits per heavy atom. The van der Waals surface area contributed by atoms with E-state index in [0.29, 0.717) is 27.2 Å². The number of aryl methyl sites for hydroxylation is 1. The Balaban J connectivity index is 1.79. The molecule has 0 radical (unpaired) electrons. The molecular weight excluding hydrogens is 461 g/mol. The van der Waals surface area contributed by atoms with E-state index in [-0.39, 0.29) is 22.7 Å². The highest BCUT2D eigenvalue weighted by Gasteiger charge is 2.33. The van der Waals surface area contributed by atoms with Crippen LogP contribution in [0.4, 0.5) is 13.2 Å². The van der Waals surface area contributed by atoms with Gasteiger partial charge in [-0.15, -0.1) is 11.8 Å². The van der Waals surface area contributed by atoms with Crippen LogP contribution in [0.5, 0.6) is 5.75 Å². The van der Waals surface area contributed by atoms with Gasteiger partial charge in [-0.25, -0.2) is 18.1 Å². The second-order valence-electron chi connectivity index (χ2n) is 7.24. The molecule has 0 unspecified atom stereocenters. The van der Waals surface area contributed by atoms with Crippen molar-refractivity contribution in [2.75, 3.05) is 19.4 Å². The van der Waals surface area contributed by atoms with Gasteiger partial charge < -0.3 is 4.74 Å². The van der Waals surface area contributed by atoms with Crippen molar-refractivity contribution < 1.29 is 26.3 Å². The zero-order valence-corrected chi connectivity index (χ0v) is 19.6. The lowest BCUT2D eigenvalue weighted by molar-refractivity contribution is -0.141. The molecule has 5 nitrogen and oxygen atoms in total. The number of nitrogens with zero attached hydrogens (tertiary/aromatic N) is 1. The third-order valence-electron chi connectivity index (χ3n) is 5.09.